The van der Waals surface area contributed by atoms with Crippen LogP contribution in [0.2, 0.25) is 0 Å². The smallest absolute Gasteiger partial charge is 0.328 e. The molecular formula is C19H28FN3O3. The van der Waals surface area contributed by atoms with Crippen LogP contribution in [-0.4, -0.2) is 62.7 Å². The molecule has 1 aliphatic heterocycles. The van der Waals surface area contributed by atoms with Gasteiger partial charge < -0.3 is 15.0 Å². The SMILES string of the molecule is CC[C@H](C)[C@H](NC(=O)CN1CCN(c2ccc(F)cc2)CC1)C(=O)OC. The summed E-state index contributed by atoms with van der Waals surface area (Å²) in [5.74, 6) is -0.808. The lowest BCUT2D eigenvalue weighted by Crippen LogP contribution is -2.52. The molecular weight excluding hydrogens is 337 g/mol. The highest BCUT2D eigenvalue weighted by Crippen LogP contribution is 2.17. The number of nitrogens with one attached hydrogen (secondary N) is 1. The van der Waals surface area contributed by atoms with Gasteiger partial charge in [-0.25, -0.2) is 9.18 Å². The molecule has 1 N–H and O–H groups in total. The molecule has 26 heavy (non-hydrogen) atoms. The molecule has 2 atom stereocenters. The Morgan fingerprint density at radius 1 is 1.19 bits per heavy atom. The maximum absolute atomic E-state index is 13.0. The van der Waals surface area contributed by atoms with Crippen molar-refractivity contribution < 1.29 is 18.7 Å². The fourth-order valence-electron chi connectivity index (χ4n) is 3.03. The van der Waals surface area contributed by atoms with Crippen molar-refractivity contribution in [2.24, 2.45) is 5.92 Å². The van der Waals surface area contributed by atoms with Gasteiger partial charge in [-0.2, -0.15) is 0 Å². The van der Waals surface area contributed by atoms with Gasteiger partial charge in [-0.15, -0.1) is 0 Å². The van der Waals surface area contributed by atoms with Crippen molar-refractivity contribution in [2.75, 3.05) is 44.7 Å². The Morgan fingerprint density at radius 2 is 1.81 bits per heavy atom. The minimum atomic E-state index is -0.613. The molecule has 0 radical (unpaired) electrons. The fraction of sp³-hybridized carbons (Fsp3) is 0.579. The Morgan fingerprint density at radius 3 is 2.35 bits per heavy atom. The van der Waals surface area contributed by atoms with Gasteiger partial charge in [0.2, 0.25) is 5.91 Å². The van der Waals surface area contributed by atoms with E-state index in [2.05, 4.69) is 15.1 Å². The standard InChI is InChI=1S/C19H28FN3O3/c1-4-14(2)18(19(25)26-3)21-17(24)13-22-9-11-23(12-10-22)16-7-5-15(20)6-8-16/h5-8,14,18H,4,9-13H2,1-3H3,(H,21,24)/t14-,18-/m0/s1. The monoisotopic (exact) mass is 365 g/mol. The zero-order valence-electron chi connectivity index (χ0n) is 15.7. The lowest BCUT2D eigenvalue weighted by molar-refractivity contribution is -0.146. The van der Waals surface area contributed by atoms with Crippen LogP contribution in [0, 0.1) is 11.7 Å². The Labute approximate surface area is 154 Å². The highest BCUT2D eigenvalue weighted by atomic mass is 19.1. The second-order valence-corrected chi connectivity index (χ2v) is 6.69. The number of esters is 1. The molecule has 0 aliphatic carbocycles. The summed E-state index contributed by atoms with van der Waals surface area (Å²) < 4.78 is 17.8. The summed E-state index contributed by atoms with van der Waals surface area (Å²) in [5.41, 5.74) is 0.984. The predicted molar refractivity (Wildman–Crippen MR) is 98.5 cm³/mol. The molecule has 6 nitrogen and oxygen atoms in total. The first-order valence-electron chi connectivity index (χ1n) is 9.04. The van der Waals surface area contributed by atoms with E-state index in [0.29, 0.717) is 0 Å². The predicted octanol–water partition coefficient (Wildman–Crippen LogP) is 1.65. The van der Waals surface area contributed by atoms with Gasteiger partial charge in [-0.3, -0.25) is 9.69 Å². The summed E-state index contributed by atoms with van der Waals surface area (Å²) in [6, 6.07) is 5.84. The maximum Gasteiger partial charge on any atom is 0.328 e. The summed E-state index contributed by atoms with van der Waals surface area (Å²) in [4.78, 5) is 28.4. The number of nitrogens with zero attached hydrogens (tertiary/aromatic N) is 2. The van der Waals surface area contributed by atoms with E-state index < -0.39 is 12.0 Å². The van der Waals surface area contributed by atoms with Crippen LogP contribution in [0.4, 0.5) is 10.1 Å². The third-order valence-electron chi connectivity index (χ3n) is 4.92. The minimum Gasteiger partial charge on any atom is -0.467 e. The molecule has 1 heterocycles. The number of piperazine rings is 1. The molecule has 1 aliphatic rings. The van der Waals surface area contributed by atoms with Crippen LogP contribution in [0.5, 0.6) is 0 Å². The number of ether oxygens (including phenoxy) is 1. The van der Waals surface area contributed by atoms with Crippen LogP contribution < -0.4 is 10.2 Å². The van der Waals surface area contributed by atoms with E-state index >= 15 is 0 Å². The van der Waals surface area contributed by atoms with E-state index in [1.807, 2.05) is 13.8 Å². The fourth-order valence-corrected chi connectivity index (χ4v) is 3.03. The molecule has 144 valence electrons. The van der Waals surface area contributed by atoms with Crippen molar-refractivity contribution in [1.29, 1.82) is 0 Å². The first kappa shape index (κ1) is 20.2. The van der Waals surface area contributed by atoms with Gasteiger partial charge in [0, 0.05) is 31.9 Å². The van der Waals surface area contributed by atoms with Crippen LogP contribution in [0.3, 0.4) is 0 Å². The van der Waals surface area contributed by atoms with Crippen LogP contribution >= 0.6 is 0 Å². The number of carbonyl (C=O) groups excluding carboxylic acids is 2. The molecule has 7 heteroatoms. The first-order chi connectivity index (χ1) is 12.4. The van der Waals surface area contributed by atoms with E-state index in [1.165, 1.54) is 19.2 Å². The molecule has 0 saturated carbocycles. The van der Waals surface area contributed by atoms with Gasteiger partial charge in [0.25, 0.3) is 0 Å². The van der Waals surface area contributed by atoms with Crippen molar-refractivity contribution in [1.82, 2.24) is 10.2 Å². The Balaban J connectivity index is 1.83. The van der Waals surface area contributed by atoms with Gasteiger partial charge in [0.05, 0.1) is 13.7 Å². The van der Waals surface area contributed by atoms with Gasteiger partial charge in [0.1, 0.15) is 11.9 Å². The summed E-state index contributed by atoms with van der Waals surface area (Å²) in [6.45, 7) is 7.15. The van der Waals surface area contributed by atoms with Gasteiger partial charge in [-0.05, 0) is 30.2 Å². The average molecular weight is 365 g/mol. The highest BCUT2D eigenvalue weighted by Gasteiger charge is 2.27. The number of amides is 1. The van der Waals surface area contributed by atoms with Crippen molar-refractivity contribution in [3.63, 3.8) is 0 Å². The van der Waals surface area contributed by atoms with Crippen molar-refractivity contribution >= 4 is 17.6 Å². The average Bonchev–Trinajstić information content (AvgIpc) is 2.66. The van der Waals surface area contributed by atoms with E-state index in [9.17, 15) is 14.0 Å². The number of hydrogen-bond acceptors (Lipinski definition) is 5. The second kappa shape index (κ2) is 9.52. The quantitative estimate of drug-likeness (QED) is 0.745. The third kappa shape index (κ3) is 5.42. The zero-order chi connectivity index (χ0) is 19.1. The lowest BCUT2D eigenvalue weighted by atomic mass is 9.99. The minimum absolute atomic E-state index is 0.0155. The first-order valence-corrected chi connectivity index (χ1v) is 9.04. The zero-order valence-corrected chi connectivity index (χ0v) is 15.7. The molecule has 1 saturated heterocycles. The molecule has 1 aromatic carbocycles. The maximum atomic E-state index is 13.0. The van der Waals surface area contributed by atoms with E-state index in [4.69, 9.17) is 4.74 Å². The molecule has 2 rings (SSSR count). The number of carbonyl (C=O) groups is 2. The number of methoxy groups -OCH3 is 1. The van der Waals surface area contributed by atoms with E-state index in [-0.39, 0.29) is 24.2 Å². The highest BCUT2D eigenvalue weighted by molar-refractivity contribution is 5.85. The second-order valence-electron chi connectivity index (χ2n) is 6.69. The number of hydrogen-bond donors (Lipinski definition) is 1. The molecule has 1 amide bonds. The lowest BCUT2D eigenvalue weighted by Gasteiger charge is -2.36. The van der Waals surface area contributed by atoms with Gasteiger partial charge >= 0.3 is 5.97 Å². The number of anilines is 1. The van der Waals surface area contributed by atoms with Crippen LogP contribution in [0.1, 0.15) is 20.3 Å². The normalized spacial score (nSPS) is 17.5. The largest absolute Gasteiger partial charge is 0.467 e. The molecule has 0 bridgehead atoms. The summed E-state index contributed by atoms with van der Waals surface area (Å²) in [7, 11) is 1.33. The number of halogens is 1. The van der Waals surface area contributed by atoms with Crippen molar-refractivity contribution in [3.8, 4) is 0 Å². The van der Waals surface area contributed by atoms with E-state index in [0.717, 1.165) is 38.3 Å². The van der Waals surface area contributed by atoms with Crippen LogP contribution in [0.15, 0.2) is 24.3 Å². The number of benzene rings is 1. The summed E-state index contributed by atoms with van der Waals surface area (Å²) in [5, 5.41) is 2.80. The molecule has 0 spiro atoms. The molecule has 1 aromatic rings. The Bertz CT molecular complexity index is 601. The number of rotatable bonds is 7. The topological polar surface area (TPSA) is 61.9 Å². The molecule has 0 aromatic heterocycles. The van der Waals surface area contributed by atoms with E-state index in [1.54, 1.807) is 12.1 Å². The van der Waals surface area contributed by atoms with Crippen LogP contribution in [-0.2, 0) is 14.3 Å². The van der Waals surface area contributed by atoms with Crippen LogP contribution in [0.25, 0.3) is 0 Å². The molecule has 0 unspecified atom stereocenters. The summed E-state index contributed by atoms with van der Waals surface area (Å²) >= 11 is 0. The Kier molecular flexibility index (Phi) is 7.38. The summed E-state index contributed by atoms with van der Waals surface area (Å²) in [6.07, 6.45) is 0.774. The molecule has 1 fully saturated rings. The third-order valence-corrected chi connectivity index (χ3v) is 4.92. The van der Waals surface area contributed by atoms with Gasteiger partial charge in [0.15, 0.2) is 0 Å². The Hall–Kier alpha value is -2.15. The van der Waals surface area contributed by atoms with Gasteiger partial charge in [-0.1, -0.05) is 20.3 Å². The van der Waals surface area contributed by atoms with Crippen molar-refractivity contribution in [2.45, 2.75) is 26.3 Å². The van der Waals surface area contributed by atoms with Crippen molar-refractivity contribution in [3.05, 3.63) is 30.1 Å².